The molecule has 1 atom stereocenters. The number of carboxylic acids is 1. The number of likely N-dealkylation sites (tertiary alicyclic amines) is 1. The normalized spacial score (nSPS) is 30.4. The molecule has 0 saturated carbocycles. The van der Waals surface area contributed by atoms with Gasteiger partial charge in [0.25, 0.3) is 0 Å². The van der Waals surface area contributed by atoms with Crippen molar-refractivity contribution in [3.05, 3.63) is 0 Å². The topological polar surface area (TPSA) is 95.0 Å². The smallest absolute Gasteiger partial charge is 0.320 e. The van der Waals surface area contributed by atoms with Crippen LogP contribution >= 0.6 is 0 Å². The van der Waals surface area contributed by atoms with E-state index in [2.05, 4.69) is 0 Å². The minimum Gasteiger partial charge on any atom is -0.481 e. The SMILES string of the molecule is CC1(C(=O)O)CCN(C(=O)N2CCS(=O)(=O)CC2)C1. The van der Waals surface area contributed by atoms with E-state index in [1.165, 1.54) is 9.80 Å². The molecule has 108 valence electrons. The van der Waals surface area contributed by atoms with Crippen LogP contribution < -0.4 is 0 Å². The number of rotatable bonds is 1. The number of carboxylic acid groups (broad SMARTS) is 1. The van der Waals surface area contributed by atoms with Gasteiger partial charge in [0.05, 0.1) is 16.9 Å². The molecule has 19 heavy (non-hydrogen) atoms. The van der Waals surface area contributed by atoms with Crippen LogP contribution in [0, 0.1) is 5.41 Å². The van der Waals surface area contributed by atoms with Gasteiger partial charge in [0, 0.05) is 26.2 Å². The molecular weight excluding hydrogens is 272 g/mol. The monoisotopic (exact) mass is 290 g/mol. The van der Waals surface area contributed by atoms with Crippen LogP contribution in [0.5, 0.6) is 0 Å². The van der Waals surface area contributed by atoms with Gasteiger partial charge in [-0.1, -0.05) is 0 Å². The van der Waals surface area contributed by atoms with E-state index < -0.39 is 21.2 Å². The van der Waals surface area contributed by atoms with Gasteiger partial charge < -0.3 is 14.9 Å². The van der Waals surface area contributed by atoms with Crippen molar-refractivity contribution >= 4 is 21.8 Å². The number of amides is 2. The van der Waals surface area contributed by atoms with E-state index in [-0.39, 0.29) is 37.2 Å². The summed E-state index contributed by atoms with van der Waals surface area (Å²) in [6.45, 7) is 2.61. The number of nitrogens with zero attached hydrogens (tertiary/aromatic N) is 2. The Kier molecular flexibility index (Phi) is 3.46. The molecule has 7 nitrogen and oxygen atoms in total. The fraction of sp³-hybridized carbons (Fsp3) is 0.818. The van der Waals surface area contributed by atoms with Gasteiger partial charge in [0.1, 0.15) is 0 Å². The Morgan fingerprint density at radius 1 is 1.11 bits per heavy atom. The Morgan fingerprint density at radius 3 is 2.16 bits per heavy atom. The molecule has 8 heteroatoms. The average Bonchev–Trinajstić information content (AvgIpc) is 2.72. The summed E-state index contributed by atoms with van der Waals surface area (Å²) in [6.07, 6.45) is 0.431. The lowest BCUT2D eigenvalue weighted by atomic mass is 9.90. The molecule has 1 N–H and O–H groups in total. The lowest BCUT2D eigenvalue weighted by Gasteiger charge is -2.31. The lowest BCUT2D eigenvalue weighted by Crippen LogP contribution is -2.49. The van der Waals surface area contributed by atoms with Crippen LogP contribution in [0.1, 0.15) is 13.3 Å². The summed E-state index contributed by atoms with van der Waals surface area (Å²) in [5.41, 5.74) is -0.891. The summed E-state index contributed by atoms with van der Waals surface area (Å²) in [4.78, 5) is 26.3. The van der Waals surface area contributed by atoms with Crippen molar-refractivity contribution in [2.24, 2.45) is 5.41 Å². The maximum atomic E-state index is 12.2. The van der Waals surface area contributed by atoms with Crippen molar-refractivity contribution in [1.29, 1.82) is 0 Å². The first kappa shape index (κ1) is 14.1. The second kappa shape index (κ2) is 4.66. The molecule has 0 aromatic carbocycles. The average molecular weight is 290 g/mol. The molecular formula is C11H18N2O5S. The molecule has 2 aliphatic heterocycles. The van der Waals surface area contributed by atoms with Crippen molar-refractivity contribution in [3.8, 4) is 0 Å². The molecule has 0 aromatic heterocycles. The highest BCUT2D eigenvalue weighted by atomic mass is 32.2. The van der Waals surface area contributed by atoms with Gasteiger partial charge in [0.2, 0.25) is 0 Å². The summed E-state index contributed by atoms with van der Waals surface area (Å²) >= 11 is 0. The number of hydrogen-bond donors (Lipinski definition) is 1. The van der Waals surface area contributed by atoms with Crippen LogP contribution in [0.3, 0.4) is 0 Å². The molecule has 0 radical (unpaired) electrons. The van der Waals surface area contributed by atoms with Crippen molar-refractivity contribution < 1.29 is 23.1 Å². The molecule has 0 aliphatic carbocycles. The van der Waals surface area contributed by atoms with Crippen LogP contribution in [0.25, 0.3) is 0 Å². The summed E-state index contributed by atoms with van der Waals surface area (Å²) in [6, 6.07) is -0.250. The first-order valence-electron chi connectivity index (χ1n) is 6.21. The summed E-state index contributed by atoms with van der Waals surface area (Å²) in [5, 5.41) is 9.12. The third-order valence-electron chi connectivity index (χ3n) is 3.88. The van der Waals surface area contributed by atoms with Crippen molar-refractivity contribution in [2.75, 3.05) is 37.7 Å². The van der Waals surface area contributed by atoms with E-state index in [1.807, 2.05) is 0 Å². The number of urea groups is 1. The highest BCUT2D eigenvalue weighted by Crippen LogP contribution is 2.30. The molecule has 0 bridgehead atoms. The number of aliphatic carboxylic acids is 1. The highest BCUT2D eigenvalue weighted by Gasteiger charge is 2.43. The molecule has 2 rings (SSSR count). The Hall–Kier alpha value is -1.31. The highest BCUT2D eigenvalue weighted by molar-refractivity contribution is 7.91. The molecule has 2 amide bonds. The molecule has 0 aromatic rings. The zero-order valence-corrected chi connectivity index (χ0v) is 11.6. The van der Waals surface area contributed by atoms with E-state index in [1.54, 1.807) is 6.92 Å². The molecule has 2 heterocycles. The van der Waals surface area contributed by atoms with Crippen molar-refractivity contribution in [3.63, 3.8) is 0 Å². The Morgan fingerprint density at radius 2 is 1.68 bits per heavy atom. The van der Waals surface area contributed by atoms with Gasteiger partial charge in [-0.15, -0.1) is 0 Å². The van der Waals surface area contributed by atoms with Gasteiger partial charge in [-0.3, -0.25) is 4.79 Å². The molecule has 0 spiro atoms. The molecule has 2 aliphatic rings. The maximum absolute atomic E-state index is 12.2. The van der Waals surface area contributed by atoms with Gasteiger partial charge in [-0.05, 0) is 13.3 Å². The number of carbonyl (C=O) groups excluding carboxylic acids is 1. The van der Waals surface area contributed by atoms with Crippen LogP contribution in [-0.4, -0.2) is 73.0 Å². The summed E-state index contributed by atoms with van der Waals surface area (Å²) in [5.74, 6) is -0.921. The van der Waals surface area contributed by atoms with E-state index in [0.717, 1.165) is 0 Å². The van der Waals surface area contributed by atoms with E-state index >= 15 is 0 Å². The second-order valence-corrected chi connectivity index (χ2v) is 7.76. The molecule has 1 unspecified atom stereocenters. The van der Waals surface area contributed by atoms with E-state index in [0.29, 0.717) is 13.0 Å². The predicted octanol–water partition coefficient (Wildman–Crippen LogP) is -0.367. The standard InChI is InChI=1S/C11H18N2O5S/c1-11(9(14)15)2-3-13(8-11)10(16)12-4-6-19(17,18)7-5-12/h2-8H2,1H3,(H,14,15). The largest absolute Gasteiger partial charge is 0.481 e. The quantitative estimate of drug-likeness (QED) is 0.711. The van der Waals surface area contributed by atoms with Crippen molar-refractivity contribution in [1.82, 2.24) is 9.80 Å². The summed E-state index contributed by atoms with van der Waals surface area (Å²) in [7, 11) is -3.02. The fourth-order valence-corrected chi connectivity index (χ4v) is 3.60. The minimum absolute atomic E-state index is 0.0111. The zero-order valence-electron chi connectivity index (χ0n) is 10.8. The number of hydrogen-bond acceptors (Lipinski definition) is 4. The lowest BCUT2D eigenvalue weighted by molar-refractivity contribution is -0.147. The van der Waals surface area contributed by atoms with Crippen LogP contribution in [0.4, 0.5) is 4.79 Å². The van der Waals surface area contributed by atoms with Crippen LogP contribution in [0.2, 0.25) is 0 Å². The van der Waals surface area contributed by atoms with Crippen molar-refractivity contribution in [2.45, 2.75) is 13.3 Å². The van der Waals surface area contributed by atoms with Gasteiger partial charge in [-0.2, -0.15) is 0 Å². The molecule has 2 saturated heterocycles. The van der Waals surface area contributed by atoms with Gasteiger partial charge in [-0.25, -0.2) is 13.2 Å². The Balaban J connectivity index is 1.97. The Labute approximate surface area is 112 Å². The van der Waals surface area contributed by atoms with Crippen LogP contribution in [0.15, 0.2) is 0 Å². The van der Waals surface area contributed by atoms with E-state index in [9.17, 15) is 18.0 Å². The molecule has 2 fully saturated rings. The van der Waals surface area contributed by atoms with Crippen LogP contribution in [-0.2, 0) is 14.6 Å². The Bertz CT molecular complexity index is 489. The third kappa shape index (κ3) is 2.83. The first-order chi connectivity index (χ1) is 8.73. The van der Waals surface area contributed by atoms with Gasteiger partial charge >= 0.3 is 12.0 Å². The minimum atomic E-state index is -3.02. The predicted molar refractivity (Wildman–Crippen MR) is 67.6 cm³/mol. The number of carbonyl (C=O) groups is 2. The first-order valence-corrected chi connectivity index (χ1v) is 8.03. The fourth-order valence-electron chi connectivity index (χ4n) is 2.40. The maximum Gasteiger partial charge on any atom is 0.320 e. The zero-order chi connectivity index (χ0) is 14.3. The van der Waals surface area contributed by atoms with E-state index in [4.69, 9.17) is 5.11 Å². The summed E-state index contributed by atoms with van der Waals surface area (Å²) < 4.78 is 22.6. The third-order valence-corrected chi connectivity index (χ3v) is 5.48. The second-order valence-electron chi connectivity index (χ2n) is 5.46. The van der Waals surface area contributed by atoms with Gasteiger partial charge in [0.15, 0.2) is 9.84 Å². The number of sulfone groups is 1.